The fourth-order valence-electron chi connectivity index (χ4n) is 2.43. The van der Waals surface area contributed by atoms with Gasteiger partial charge in [-0.1, -0.05) is 0 Å². The monoisotopic (exact) mass is 389 g/mol. The van der Waals surface area contributed by atoms with E-state index < -0.39 is 33.8 Å². The van der Waals surface area contributed by atoms with Crippen molar-refractivity contribution in [3.8, 4) is 5.75 Å². The fraction of sp³-hybridized carbons (Fsp3) is 0.333. The number of carbonyl (C=O) groups is 1. The number of nitrogens with one attached hydrogen (secondary N) is 1. The van der Waals surface area contributed by atoms with E-state index in [4.69, 9.17) is 4.74 Å². The maximum atomic E-state index is 12.6. The molecular formula is C15H14F3N3O4S. The summed E-state index contributed by atoms with van der Waals surface area (Å²) in [6.45, 7) is 1.69. The molecule has 140 valence electrons. The summed E-state index contributed by atoms with van der Waals surface area (Å²) in [4.78, 5) is 12.0. The number of halogens is 3. The Morgan fingerprint density at radius 3 is 2.73 bits per heavy atom. The lowest BCUT2D eigenvalue weighted by Gasteiger charge is -2.13. The first-order valence-electron chi connectivity index (χ1n) is 7.53. The third-order valence-corrected chi connectivity index (χ3v) is 5.23. The van der Waals surface area contributed by atoms with E-state index in [2.05, 4.69) is 5.10 Å². The van der Waals surface area contributed by atoms with E-state index in [1.54, 1.807) is 0 Å². The van der Waals surface area contributed by atoms with Gasteiger partial charge in [0.1, 0.15) is 11.8 Å². The molecule has 0 saturated heterocycles. The second-order valence-electron chi connectivity index (χ2n) is 5.69. The number of carbonyl (C=O) groups excluding carboxylic acids is 1. The SMILES string of the molecule is CC(C(=O)NS(=O)(=O)c1ccc2c(c1)CCO2)n1ccc(C(F)(F)F)n1. The quantitative estimate of drug-likeness (QED) is 0.863. The first-order chi connectivity index (χ1) is 12.1. The van der Waals surface area contributed by atoms with Gasteiger partial charge in [0.05, 0.1) is 11.5 Å². The molecule has 1 atom stereocenters. The van der Waals surface area contributed by atoms with Crippen molar-refractivity contribution in [2.45, 2.75) is 30.5 Å². The van der Waals surface area contributed by atoms with Crippen LogP contribution in [0.2, 0.25) is 0 Å². The van der Waals surface area contributed by atoms with Gasteiger partial charge in [0.2, 0.25) is 0 Å². The Kier molecular flexibility index (Phi) is 4.42. The van der Waals surface area contributed by atoms with Crippen molar-refractivity contribution in [2.24, 2.45) is 0 Å². The van der Waals surface area contributed by atoms with E-state index in [0.717, 1.165) is 10.9 Å². The third-order valence-electron chi connectivity index (χ3n) is 3.88. The van der Waals surface area contributed by atoms with E-state index >= 15 is 0 Å². The summed E-state index contributed by atoms with van der Waals surface area (Å²) in [6.07, 6.45) is -3.14. The number of hydrogen-bond acceptors (Lipinski definition) is 5. The number of rotatable bonds is 4. The van der Waals surface area contributed by atoms with Gasteiger partial charge in [-0.25, -0.2) is 13.1 Å². The molecule has 1 aromatic carbocycles. The highest BCUT2D eigenvalue weighted by molar-refractivity contribution is 7.90. The number of aromatic nitrogens is 2. The van der Waals surface area contributed by atoms with Crippen molar-refractivity contribution < 1.29 is 31.1 Å². The molecule has 26 heavy (non-hydrogen) atoms. The fourth-order valence-corrected chi connectivity index (χ4v) is 3.53. The molecule has 1 aromatic heterocycles. The number of ether oxygens (including phenoxy) is 1. The van der Waals surface area contributed by atoms with Crippen LogP contribution in [0.25, 0.3) is 0 Å². The molecule has 1 N–H and O–H groups in total. The Hall–Kier alpha value is -2.56. The van der Waals surface area contributed by atoms with Crippen molar-refractivity contribution >= 4 is 15.9 Å². The van der Waals surface area contributed by atoms with Gasteiger partial charge in [-0.3, -0.25) is 9.48 Å². The average molecular weight is 389 g/mol. The number of alkyl halides is 3. The number of fused-ring (bicyclic) bond motifs is 1. The molecule has 11 heteroatoms. The van der Waals surface area contributed by atoms with E-state index in [1.807, 2.05) is 4.72 Å². The molecule has 0 saturated carbocycles. The summed E-state index contributed by atoms with van der Waals surface area (Å²) in [5, 5.41) is 3.27. The zero-order valence-corrected chi connectivity index (χ0v) is 14.3. The Bertz CT molecular complexity index is 953. The predicted molar refractivity (Wildman–Crippen MR) is 82.9 cm³/mol. The second-order valence-corrected chi connectivity index (χ2v) is 7.37. The molecule has 7 nitrogen and oxygen atoms in total. The summed E-state index contributed by atoms with van der Waals surface area (Å²) in [5.41, 5.74) is -0.464. The lowest BCUT2D eigenvalue weighted by molar-refractivity contribution is -0.142. The average Bonchev–Trinajstić information content (AvgIpc) is 3.21. The van der Waals surface area contributed by atoms with Crippen LogP contribution >= 0.6 is 0 Å². The first kappa shape index (κ1) is 18.2. The molecule has 0 fully saturated rings. The smallest absolute Gasteiger partial charge is 0.435 e. The maximum Gasteiger partial charge on any atom is 0.435 e. The summed E-state index contributed by atoms with van der Waals surface area (Å²) >= 11 is 0. The van der Waals surface area contributed by atoms with Crippen LogP contribution in [0.1, 0.15) is 24.2 Å². The minimum absolute atomic E-state index is 0.126. The number of hydrogen-bond donors (Lipinski definition) is 1. The van der Waals surface area contributed by atoms with Crippen LogP contribution in [0, 0.1) is 0 Å². The summed E-state index contributed by atoms with van der Waals surface area (Å²) in [7, 11) is -4.17. The van der Waals surface area contributed by atoms with Gasteiger partial charge in [-0.2, -0.15) is 18.3 Å². The van der Waals surface area contributed by atoms with E-state index in [-0.39, 0.29) is 4.90 Å². The second kappa shape index (κ2) is 6.31. The van der Waals surface area contributed by atoms with Gasteiger partial charge in [-0.05, 0) is 36.8 Å². The molecule has 2 heterocycles. The van der Waals surface area contributed by atoms with Crippen LogP contribution in [0.15, 0.2) is 35.4 Å². The van der Waals surface area contributed by atoms with Crippen LogP contribution in [-0.2, 0) is 27.4 Å². The summed E-state index contributed by atoms with van der Waals surface area (Å²) < 4.78 is 70.4. The van der Waals surface area contributed by atoms with Crippen LogP contribution in [-0.4, -0.2) is 30.7 Å². The van der Waals surface area contributed by atoms with Gasteiger partial charge < -0.3 is 4.74 Å². The minimum Gasteiger partial charge on any atom is -0.493 e. The Labute approximate surface area is 146 Å². The van der Waals surface area contributed by atoms with Gasteiger partial charge in [0.25, 0.3) is 15.9 Å². The molecule has 1 aliphatic heterocycles. The van der Waals surface area contributed by atoms with Crippen LogP contribution in [0.5, 0.6) is 5.75 Å². The third kappa shape index (κ3) is 3.52. The van der Waals surface area contributed by atoms with E-state index in [9.17, 15) is 26.4 Å². The van der Waals surface area contributed by atoms with Crippen LogP contribution in [0.3, 0.4) is 0 Å². The number of benzene rings is 1. The molecule has 1 aliphatic rings. The highest BCUT2D eigenvalue weighted by Crippen LogP contribution is 2.29. The molecule has 0 aliphatic carbocycles. The number of sulfonamides is 1. The van der Waals surface area contributed by atoms with Crippen molar-refractivity contribution in [1.82, 2.24) is 14.5 Å². The first-order valence-corrected chi connectivity index (χ1v) is 9.01. The lowest BCUT2D eigenvalue weighted by Crippen LogP contribution is -2.36. The zero-order valence-electron chi connectivity index (χ0n) is 13.4. The number of nitrogens with zero attached hydrogens (tertiary/aromatic N) is 2. The topological polar surface area (TPSA) is 90.3 Å². The molecular weight excluding hydrogens is 375 g/mol. The maximum absolute atomic E-state index is 12.6. The van der Waals surface area contributed by atoms with Gasteiger partial charge in [0.15, 0.2) is 5.69 Å². The minimum atomic E-state index is -4.65. The van der Waals surface area contributed by atoms with E-state index in [0.29, 0.717) is 30.4 Å². The summed E-state index contributed by atoms with van der Waals surface area (Å²) in [5.74, 6) is -0.418. The van der Waals surface area contributed by atoms with Crippen molar-refractivity contribution in [3.63, 3.8) is 0 Å². The highest BCUT2D eigenvalue weighted by Gasteiger charge is 2.34. The van der Waals surface area contributed by atoms with Gasteiger partial charge >= 0.3 is 6.18 Å². The highest BCUT2D eigenvalue weighted by atomic mass is 32.2. The molecule has 0 bridgehead atoms. The zero-order chi connectivity index (χ0) is 19.1. The van der Waals surface area contributed by atoms with Crippen LogP contribution < -0.4 is 9.46 Å². The standard InChI is InChI=1S/C15H14F3N3O4S/c1-9(21-6-4-13(19-21)15(16,17)18)14(22)20-26(23,24)11-2-3-12-10(8-11)5-7-25-12/h2-4,6,8-9H,5,7H2,1H3,(H,20,22). The molecule has 3 rings (SSSR count). The predicted octanol–water partition coefficient (Wildman–Crippen LogP) is 1.90. The van der Waals surface area contributed by atoms with Crippen molar-refractivity contribution in [1.29, 1.82) is 0 Å². The van der Waals surface area contributed by atoms with E-state index in [1.165, 1.54) is 25.1 Å². The Morgan fingerprint density at radius 2 is 2.08 bits per heavy atom. The molecule has 0 spiro atoms. The van der Waals surface area contributed by atoms with Gasteiger partial charge in [-0.15, -0.1) is 0 Å². The largest absolute Gasteiger partial charge is 0.493 e. The van der Waals surface area contributed by atoms with Crippen LogP contribution in [0.4, 0.5) is 13.2 Å². The lowest BCUT2D eigenvalue weighted by atomic mass is 10.2. The molecule has 2 aromatic rings. The number of amides is 1. The molecule has 1 unspecified atom stereocenters. The molecule has 1 amide bonds. The Balaban J connectivity index is 1.77. The van der Waals surface area contributed by atoms with Crippen molar-refractivity contribution in [3.05, 3.63) is 41.7 Å². The van der Waals surface area contributed by atoms with Crippen molar-refractivity contribution in [2.75, 3.05) is 6.61 Å². The normalized spacial score (nSPS) is 15.2. The van der Waals surface area contributed by atoms with Gasteiger partial charge in [0, 0.05) is 12.6 Å². The Morgan fingerprint density at radius 1 is 1.35 bits per heavy atom. The molecule has 0 radical (unpaired) electrons. The summed E-state index contributed by atoms with van der Waals surface area (Å²) in [6, 6.07) is 3.64.